The minimum absolute atomic E-state index is 0.156. The van der Waals surface area contributed by atoms with Crippen LogP contribution in [0.5, 0.6) is 0 Å². The largest absolute Gasteiger partial charge is 0.379 e. The van der Waals surface area contributed by atoms with Crippen molar-refractivity contribution in [2.24, 2.45) is 0 Å². The van der Waals surface area contributed by atoms with E-state index in [0.29, 0.717) is 37.6 Å². The van der Waals surface area contributed by atoms with Gasteiger partial charge >= 0.3 is 0 Å². The van der Waals surface area contributed by atoms with E-state index in [2.05, 4.69) is 9.88 Å². The Balaban J connectivity index is 1.81. The Bertz CT molecular complexity index is 897. The van der Waals surface area contributed by atoms with Crippen LogP contribution in [0.15, 0.2) is 65.5 Å². The minimum Gasteiger partial charge on any atom is -0.379 e. The van der Waals surface area contributed by atoms with Crippen molar-refractivity contribution >= 4 is 22.9 Å². The van der Waals surface area contributed by atoms with Crippen LogP contribution in [0.25, 0.3) is 0 Å². The second-order valence-electron chi connectivity index (χ2n) is 6.45. The van der Waals surface area contributed by atoms with Gasteiger partial charge in [0.15, 0.2) is 0 Å². The summed E-state index contributed by atoms with van der Waals surface area (Å²) in [5.41, 5.74) is 3.75. The van der Waals surface area contributed by atoms with Crippen molar-refractivity contribution in [3.8, 4) is 0 Å². The van der Waals surface area contributed by atoms with Crippen LogP contribution in [0.3, 0.4) is 0 Å². The molecule has 5 nitrogen and oxygen atoms in total. The molecule has 1 aromatic heterocycles. The van der Waals surface area contributed by atoms with Gasteiger partial charge in [0.2, 0.25) is 0 Å². The molecule has 1 aliphatic heterocycles. The number of anilines is 1. The van der Waals surface area contributed by atoms with Crippen molar-refractivity contribution in [2.45, 2.75) is 6.17 Å². The first-order chi connectivity index (χ1) is 13.7. The first-order valence-corrected chi connectivity index (χ1v) is 10.0. The van der Waals surface area contributed by atoms with Gasteiger partial charge in [-0.05, 0) is 36.4 Å². The summed E-state index contributed by atoms with van der Waals surface area (Å²) < 4.78 is 19.1. The molecule has 1 unspecified atom stereocenters. The summed E-state index contributed by atoms with van der Waals surface area (Å²) in [6.07, 6.45) is -0.395. The summed E-state index contributed by atoms with van der Waals surface area (Å²) in [5, 5.41) is 1.95. The lowest BCUT2D eigenvalue weighted by atomic mass is 10.1. The number of amides is 1. The number of aromatic nitrogens is 1. The van der Waals surface area contributed by atoms with Crippen LogP contribution in [0.1, 0.15) is 22.2 Å². The number of benzene rings is 2. The van der Waals surface area contributed by atoms with E-state index in [0.717, 1.165) is 5.69 Å². The Labute approximate surface area is 167 Å². The highest BCUT2D eigenvalue weighted by Crippen LogP contribution is 2.32. The van der Waals surface area contributed by atoms with E-state index in [-0.39, 0.29) is 11.7 Å². The van der Waals surface area contributed by atoms with Crippen molar-refractivity contribution in [1.29, 1.82) is 0 Å². The van der Waals surface area contributed by atoms with Gasteiger partial charge in [0.1, 0.15) is 12.0 Å². The zero-order valence-corrected chi connectivity index (χ0v) is 16.0. The maximum Gasteiger partial charge on any atom is 0.259 e. The zero-order valence-electron chi connectivity index (χ0n) is 15.2. The molecule has 0 aliphatic carbocycles. The standard InChI is InChI=1S/C21H20FN3O2S/c22-17-6-8-18(9-7-17)25(21(26)16-4-2-1-3-5-16)20(19-14-28-15-23-19)24-10-12-27-13-11-24/h1-9,14-15,20H,10-13H2. The summed E-state index contributed by atoms with van der Waals surface area (Å²) >= 11 is 1.49. The lowest BCUT2D eigenvalue weighted by Gasteiger charge is -2.40. The molecule has 144 valence electrons. The first-order valence-electron chi connectivity index (χ1n) is 9.08. The normalized spacial score (nSPS) is 15.9. The molecule has 1 amide bonds. The molecule has 4 rings (SSSR count). The Kier molecular flexibility index (Phi) is 5.76. The van der Waals surface area contributed by atoms with Crippen LogP contribution in [0.4, 0.5) is 10.1 Å². The maximum absolute atomic E-state index is 13.6. The Hall–Kier alpha value is -2.61. The number of nitrogens with zero attached hydrogens (tertiary/aromatic N) is 3. The average molecular weight is 397 g/mol. The fourth-order valence-corrected chi connectivity index (χ4v) is 3.91. The summed E-state index contributed by atoms with van der Waals surface area (Å²) in [4.78, 5) is 21.9. The molecule has 0 radical (unpaired) electrons. The predicted octanol–water partition coefficient (Wildman–Crippen LogP) is 3.96. The molecule has 28 heavy (non-hydrogen) atoms. The van der Waals surface area contributed by atoms with Crippen molar-refractivity contribution in [3.05, 3.63) is 82.6 Å². The molecule has 1 aliphatic rings. The van der Waals surface area contributed by atoms with E-state index in [1.807, 2.05) is 23.6 Å². The molecule has 0 spiro atoms. The summed E-state index contributed by atoms with van der Waals surface area (Å²) in [6.45, 7) is 2.55. The van der Waals surface area contributed by atoms with Gasteiger partial charge in [-0.3, -0.25) is 14.6 Å². The molecule has 2 aromatic carbocycles. The van der Waals surface area contributed by atoms with Crippen LogP contribution >= 0.6 is 11.3 Å². The fraction of sp³-hybridized carbons (Fsp3) is 0.238. The fourth-order valence-electron chi connectivity index (χ4n) is 3.35. The van der Waals surface area contributed by atoms with Gasteiger partial charge in [-0.15, -0.1) is 11.3 Å². The smallest absolute Gasteiger partial charge is 0.259 e. The van der Waals surface area contributed by atoms with Crippen molar-refractivity contribution < 1.29 is 13.9 Å². The lowest BCUT2D eigenvalue weighted by molar-refractivity contribution is 0.0144. The lowest BCUT2D eigenvalue weighted by Crippen LogP contribution is -2.49. The highest BCUT2D eigenvalue weighted by atomic mass is 32.1. The molecule has 0 bridgehead atoms. The Morgan fingerprint density at radius 1 is 1.11 bits per heavy atom. The Morgan fingerprint density at radius 2 is 1.82 bits per heavy atom. The SMILES string of the molecule is O=C(c1ccccc1)N(c1ccc(F)cc1)C(c1cscn1)N1CCOCC1. The molecular formula is C21H20FN3O2S. The number of thiazole rings is 1. The zero-order chi connectivity index (χ0) is 19.3. The van der Waals surface area contributed by atoms with E-state index >= 15 is 0 Å². The monoisotopic (exact) mass is 397 g/mol. The van der Waals surface area contributed by atoms with Crippen LogP contribution in [0, 0.1) is 5.82 Å². The Morgan fingerprint density at radius 3 is 2.46 bits per heavy atom. The van der Waals surface area contributed by atoms with Crippen LogP contribution in [-0.2, 0) is 4.74 Å². The summed E-state index contributed by atoms with van der Waals surface area (Å²) in [5.74, 6) is -0.496. The number of ether oxygens (including phenoxy) is 1. The number of carbonyl (C=O) groups excluding carboxylic acids is 1. The van der Waals surface area contributed by atoms with E-state index in [9.17, 15) is 9.18 Å². The second-order valence-corrected chi connectivity index (χ2v) is 7.17. The molecule has 1 saturated heterocycles. The van der Waals surface area contributed by atoms with Gasteiger partial charge in [-0.2, -0.15) is 0 Å². The van der Waals surface area contributed by atoms with Crippen molar-refractivity contribution in [1.82, 2.24) is 9.88 Å². The quantitative estimate of drug-likeness (QED) is 0.654. The number of halogens is 1. The highest BCUT2D eigenvalue weighted by Gasteiger charge is 2.34. The van der Waals surface area contributed by atoms with E-state index in [1.54, 1.807) is 34.7 Å². The third-order valence-corrected chi connectivity index (χ3v) is 5.30. The third kappa shape index (κ3) is 3.96. The van der Waals surface area contributed by atoms with Gasteiger partial charge in [0.25, 0.3) is 5.91 Å². The van der Waals surface area contributed by atoms with Crippen LogP contribution in [-0.4, -0.2) is 42.1 Å². The second kappa shape index (κ2) is 8.60. The molecular weight excluding hydrogens is 377 g/mol. The predicted molar refractivity (Wildman–Crippen MR) is 107 cm³/mol. The van der Waals surface area contributed by atoms with Gasteiger partial charge in [0, 0.05) is 29.7 Å². The third-order valence-electron chi connectivity index (χ3n) is 4.70. The van der Waals surface area contributed by atoms with Crippen LogP contribution < -0.4 is 4.90 Å². The van der Waals surface area contributed by atoms with E-state index in [4.69, 9.17) is 4.74 Å². The topological polar surface area (TPSA) is 45.7 Å². The van der Waals surface area contributed by atoms with Gasteiger partial charge in [-0.1, -0.05) is 18.2 Å². The number of rotatable bonds is 5. The number of morpholine rings is 1. The molecule has 7 heteroatoms. The van der Waals surface area contributed by atoms with Gasteiger partial charge in [0.05, 0.1) is 24.4 Å². The molecule has 3 aromatic rings. The maximum atomic E-state index is 13.6. The first kappa shape index (κ1) is 18.7. The van der Waals surface area contributed by atoms with E-state index < -0.39 is 6.17 Å². The molecule has 1 atom stereocenters. The molecule has 0 saturated carbocycles. The van der Waals surface area contributed by atoms with Gasteiger partial charge < -0.3 is 4.74 Å². The number of hydrogen-bond acceptors (Lipinski definition) is 5. The van der Waals surface area contributed by atoms with Gasteiger partial charge in [-0.25, -0.2) is 9.37 Å². The molecule has 2 heterocycles. The minimum atomic E-state index is -0.395. The average Bonchev–Trinajstić information content (AvgIpc) is 3.28. The highest BCUT2D eigenvalue weighted by molar-refractivity contribution is 7.07. The van der Waals surface area contributed by atoms with E-state index in [1.165, 1.54) is 23.5 Å². The number of carbonyl (C=O) groups is 1. The van der Waals surface area contributed by atoms with Crippen molar-refractivity contribution in [3.63, 3.8) is 0 Å². The summed E-state index contributed by atoms with van der Waals surface area (Å²) in [6, 6.07) is 15.1. The molecule has 1 fully saturated rings. The van der Waals surface area contributed by atoms with Crippen LogP contribution in [0.2, 0.25) is 0 Å². The molecule has 0 N–H and O–H groups in total. The van der Waals surface area contributed by atoms with Crippen molar-refractivity contribution in [2.75, 3.05) is 31.2 Å². The summed E-state index contributed by atoms with van der Waals surface area (Å²) in [7, 11) is 0. The number of hydrogen-bond donors (Lipinski definition) is 0.